The van der Waals surface area contributed by atoms with Gasteiger partial charge in [-0.2, -0.15) is 0 Å². The highest BCUT2D eigenvalue weighted by molar-refractivity contribution is 7.10. The number of nitrogens with two attached hydrogens (primary N) is 1. The van der Waals surface area contributed by atoms with E-state index in [4.69, 9.17) is 5.73 Å². The van der Waals surface area contributed by atoms with Crippen LogP contribution < -0.4 is 11.3 Å². The number of H-pyrrole nitrogens is 1. The van der Waals surface area contributed by atoms with Gasteiger partial charge in [0.1, 0.15) is 0 Å². The third-order valence-electron chi connectivity index (χ3n) is 2.75. The molecule has 1 amide bonds. The van der Waals surface area contributed by atoms with Crippen LogP contribution in [0.15, 0.2) is 34.6 Å². The molecule has 0 unspecified atom stereocenters. The van der Waals surface area contributed by atoms with E-state index in [1.807, 2.05) is 11.4 Å². The van der Waals surface area contributed by atoms with Gasteiger partial charge in [0.15, 0.2) is 0 Å². The van der Waals surface area contributed by atoms with Crippen LogP contribution in [0.1, 0.15) is 20.8 Å². The maximum Gasteiger partial charge on any atom is 0.254 e. The van der Waals surface area contributed by atoms with E-state index in [-0.39, 0.29) is 11.5 Å². The minimum Gasteiger partial charge on any atom is -0.337 e. The molecule has 0 saturated carbocycles. The molecule has 0 aliphatic carbocycles. The second-order valence-electron chi connectivity index (χ2n) is 4.41. The van der Waals surface area contributed by atoms with Crippen molar-refractivity contribution in [2.45, 2.75) is 6.54 Å². The zero-order valence-corrected chi connectivity index (χ0v) is 12.4. The number of aromatic nitrogens is 1. The summed E-state index contributed by atoms with van der Waals surface area (Å²) in [5.41, 5.74) is 6.32. The lowest BCUT2D eigenvalue weighted by molar-refractivity contribution is 0.0786. The van der Waals surface area contributed by atoms with Gasteiger partial charge in [-0.25, -0.2) is 0 Å². The molecule has 0 aliphatic rings. The number of carbonyl (C=O) groups excluding carboxylic acids is 1. The predicted octanol–water partition coefficient (Wildman–Crippen LogP) is 1.02. The molecular formula is C15H15N3O2S. The number of nitrogens with zero attached hydrogens (tertiary/aromatic N) is 1. The van der Waals surface area contributed by atoms with E-state index in [1.165, 1.54) is 23.6 Å². The Bertz CT molecular complexity index is 752. The maximum absolute atomic E-state index is 12.2. The van der Waals surface area contributed by atoms with Crippen molar-refractivity contribution < 1.29 is 4.79 Å². The fourth-order valence-corrected chi connectivity index (χ4v) is 2.65. The molecule has 0 radical (unpaired) electrons. The van der Waals surface area contributed by atoms with E-state index in [0.29, 0.717) is 18.7 Å². The first-order valence-electron chi connectivity index (χ1n) is 6.30. The standard InChI is InChI=1S/C15H15N3O2S/c1-18(15(20)12-4-6-17-14(19)8-12)9-13-7-11(10-21-13)3-2-5-16/h4,6-8,10H,5,9,16H2,1H3,(H,17,19). The summed E-state index contributed by atoms with van der Waals surface area (Å²) in [5.74, 6) is 5.55. The third kappa shape index (κ3) is 4.05. The molecule has 108 valence electrons. The second-order valence-corrected chi connectivity index (χ2v) is 5.41. The molecule has 2 heterocycles. The predicted molar refractivity (Wildman–Crippen MR) is 83.1 cm³/mol. The van der Waals surface area contributed by atoms with Crippen LogP contribution in [-0.4, -0.2) is 29.4 Å². The Balaban J connectivity index is 2.07. The topological polar surface area (TPSA) is 79.2 Å². The van der Waals surface area contributed by atoms with Crippen molar-refractivity contribution in [2.75, 3.05) is 13.6 Å². The van der Waals surface area contributed by atoms with Crippen LogP contribution in [-0.2, 0) is 6.54 Å². The molecule has 2 rings (SSSR count). The molecule has 6 heteroatoms. The van der Waals surface area contributed by atoms with E-state index in [0.717, 1.165) is 10.4 Å². The van der Waals surface area contributed by atoms with E-state index in [9.17, 15) is 9.59 Å². The van der Waals surface area contributed by atoms with E-state index in [1.54, 1.807) is 18.0 Å². The van der Waals surface area contributed by atoms with Crippen LogP contribution in [0.2, 0.25) is 0 Å². The van der Waals surface area contributed by atoms with Gasteiger partial charge < -0.3 is 15.6 Å². The van der Waals surface area contributed by atoms with Crippen molar-refractivity contribution in [3.05, 3.63) is 56.1 Å². The lowest BCUT2D eigenvalue weighted by Crippen LogP contribution is -2.26. The molecule has 21 heavy (non-hydrogen) atoms. The molecule has 0 aliphatic heterocycles. The summed E-state index contributed by atoms with van der Waals surface area (Å²) < 4.78 is 0. The molecule has 3 N–H and O–H groups in total. The quantitative estimate of drug-likeness (QED) is 0.831. The van der Waals surface area contributed by atoms with Gasteiger partial charge >= 0.3 is 0 Å². The zero-order valence-electron chi connectivity index (χ0n) is 11.6. The van der Waals surface area contributed by atoms with Gasteiger partial charge in [0.2, 0.25) is 5.56 Å². The van der Waals surface area contributed by atoms with Gasteiger partial charge in [0.25, 0.3) is 5.91 Å². The van der Waals surface area contributed by atoms with Crippen LogP contribution in [0.5, 0.6) is 0 Å². The fraction of sp³-hybridized carbons (Fsp3) is 0.200. The third-order valence-corrected chi connectivity index (χ3v) is 3.67. The van der Waals surface area contributed by atoms with Gasteiger partial charge in [0, 0.05) is 40.7 Å². The Morgan fingerprint density at radius 3 is 3.00 bits per heavy atom. The van der Waals surface area contributed by atoms with Crippen LogP contribution in [0.25, 0.3) is 0 Å². The average Bonchev–Trinajstić information content (AvgIpc) is 2.91. The Morgan fingerprint density at radius 2 is 2.29 bits per heavy atom. The molecule has 0 atom stereocenters. The fourth-order valence-electron chi connectivity index (χ4n) is 1.79. The highest BCUT2D eigenvalue weighted by atomic mass is 32.1. The Morgan fingerprint density at radius 1 is 1.48 bits per heavy atom. The smallest absolute Gasteiger partial charge is 0.254 e. The molecule has 2 aromatic rings. The van der Waals surface area contributed by atoms with Gasteiger partial charge in [-0.1, -0.05) is 11.8 Å². The molecule has 0 bridgehead atoms. The number of hydrogen-bond acceptors (Lipinski definition) is 4. The number of nitrogens with one attached hydrogen (secondary N) is 1. The van der Waals surface area contributed by atoms with Crippen molar-refractivity contribution in [3.63, 3.8) is 0 Å². The number of thiophene rings is 1. The lowest BCUT2D eigenvalue weighted by atomic mass is 10.2. The van der Waals surface area contributed by atoms with Crippen LogP contribution in [0.4, 0.5) is 0 Å². The molecule has 2 aromatic heterocycles. The van der Waals surface area contributed by atoms with E-state index >= 15 is 0 Å². The summed E-state index contributed by atoms with van der Waals surface area (Å²) in [6, 6.07) is 4.83. The summed E-state index contributed by atoms with van der Waals surface area (Å²) in [5, 5.41) is 1.93. The summed E-state index contributed by atoms with van der Waals surface area (Å²) >= 11 is 1.54. The van der Waals surface area contributed by atoms with Gasteiger partial charge in [-0.3, -0.25) is 9.59 Å². The van der Waals surface area contributed by atoms with Crippen molar-refractivity contribution in [1.29, 1.82) is 0 Å². The molecule has 5 nitrogen and oxygen atoms in total. The van der Waals surface area contributed by atoms with Crippen molar-refractivity contribution in [2.24, 2.45) is 5.73 Å². The first-order valence-corrected chi connectivity index (χ1v) is 7.18. The zero-order chi connectivity index (χ0) is 15.2. The largest absolute Gasteiger partial charge is 0.337 e. The molecule has 0 saturated heterocycles. The first-order chi connectivity index (χ1) is 10.1. The second kappa shape index (κ2) is 6.88. The number of carbonyl (C=O) groups is 1. The Hall–Kier alpha value is -2.36. The van der Waals surface area contributed by atoms with Crippen LogP contribution >= 0.6 is 11.3 Å². The van der Waals surface area contributed by atoms with Crippen LogP contribution in [0, 0.1) is 11.8 Å². The molecule has 0 aromatic carbocycles. The Labute approximate surface area is 126 Å². The normalized spacial score (nSPS) is 9.81. The molecule has 0 fully saturated rings. The summed E-state index contributed by atoms with van der Waals surface area (Å²) in [6.07, 6.45) is 1.47. The summed E-state index contributed by atoms with van der Waals surface area (Å²) in [6.45, 7) is 0.798. The summed E-state index contributed by atoms with van der Waals surface area (Å²) in [7, 11) is 1.70. The van der Waals surface area contributed by atoms with Gasteiger partial charge in [-0.05, 0) is 12.1 Å². The highest BCUT2D eigenvalue weighted by Crippen LogP contribution is 2.16. The van der Waals surface area contributed by atoms with E-state index in [2.05, 4.69) is 16.8 Å². The van der Waals surface area contributed by atoms with Gasteiger partial charge in [0.05, 0.1) is 13.1 Å². The molecule has 0 spiro atoms. The number of amides is 1. The Kier molecular flexibility index (Phi) is 4.93. The SMILES string of the molecule is CN(Cc1cc(C#CCN)cs1)C(=O)c1cc[nH]c(=O)c1. The number of aromatic amines is 1. The van der Waals surface area contributed by atoms with Crippen molar-refractivity contribution in [1.82, 2.24) is 9.88 Å². The minimum absolute atomic E-state index is 0.191. The van der Waals surface area contributed by atoms with Crippen molar-refractivity contribution >= 4 is 17.2 Å². The maximum atomic E-state index is 12.2. The monoisotopic (exact) mass is 301 g/mol. The summed E-state index contributed by atoms with van der Waals surface area (Å²) in [4.78, 5) is 28.5. The van der Waals surface area contributed by atoms with Crippen molar-refractivity contribution in [3.8, 4) is 11.8 Å². The average molecular weight is 301 g/mol. The number of hydrogen-bond donors (Lipinski definition) is 2. The lowest BCUT2D eigenvalue weighted by Gasteiger charge is -2.15. The number of rotatable bonds is 3. The van der Waals surface area contributed by atoms with E-state index < -0.39 is 0 Å². The highest BCUT2D eigenvalue weighted by Gasteiger charge is 2.13. The minimum atomic E-state index is -0.287. The van der Waals surface area contributed by atoms with Gasteiger partial charge in [-0.15, -0.1) is 11.3 Å². The number of pyridine rings is 1. The first kappa shape index (κ1) is 15.0. The molecular weight excluding hydrogens is 286 g/mol. The van der Waals surface area contributed by atoms with Crippen LogP contribution in [0.3, 0.4) is 0 Å².